The van der Waals surface area contributed by atoms with Crippen LogP contribution in [0.5, 0.6) is 11.5 Å². The third-order valence-corrected chi connectivity index (χ3v) is 6.99. The molecular formula is C29H26N2O6. The third-order valence-electron chi connectivity index (χ3n) is 6.99. The Morgan fingerprint density at radius 2 is 1.54 bits per heavy atom. The lowest BCUT2D eigenvalue weighted by molar-refractivity contribution is -0.153. The van der Waals surface area contributed by atoms with Crippen LogP contribution >= 0.6 is 0 Å². The lowest BCUT2D eigenvalue weighted by atomic mass is 9.79. The third kappa shape index (κ3) is 4.41. The van der Waals surface area contributed by atoms with Gasteiger partial charge in [-0.25, -0.2) is 0 Å². The number of amides is 2. The van der Waals surface area contributed by atoms with Gasteiger partial charge >= 0.3 is 5.97 Å². The first kappa shape index (κ1) is 24.4. The Labute approximate surface area is 213 Å². The molecule has 0 bridgehead atoms. The summed E-state index contributed by atoms with van der Waals surface area (Å²) in [6.45, 7) is -0.820. The number of rotatable bonds is 8. The van der Waals surface area contributed by atoms with Gasteiger partial charge in [-0.3, -0.25) is 24.6 Å². The summed E-state index contributed by atoms with van der Waals surface area (Å²) in [5, 5.41) is 23.2. The monoisotopic (exact) mass is 498 g/mol. The summed E-state index contributed by atoms with van der Waals surface area (Å²) in [7, 11) is 0. The minimum absolute atomic E-state index is 0.0112. The van der Waals surface area contributed by atoms with Crippen molar-refractivity contribution in [1.82, 2.24) is 10.2 Å². The minimum atomic E-state index is -1.97. The second-order valence-corrected chi connectivity index (χ2v) is 9.14. The number of likely N-dealkylation sites (tertiary alicyclic amines) is 1. The van der Waals surface area contributed by atoms with Crippen molar-refractivity contribution in [2.75, 3.05) is 13.2 Å². The number of para-hydroxylation sites is 1. The maximum Gasteiger partial charge on any atom is 0.327 e. The Bertz CT molecular complexity index is 1330. The molecule has 37 heavy (non-hydrogen) atoms. The van der Waals surface area contributed by atoms with E-state index in [9.17, 15) is 24.6 Å². The Morgan fingerprint density at radius 1 is 0.919 bits per heavy atom. The molecule has 2 aliphatic rings. The SMILES string of the molecule is O=C1C2C(c3ccc(Oc4ccccc4)cc3)NC(CO)(C(=O)O)C2C(=O)N1CC=Cc1ccccc1. The molecule has 188 valence electrons. The van der Waals surface area contributed by atoms with Crippen molar-refractivity contribution in [3.63, 3.8) is 0 Å². The lowest BCUT2D eigenvalue weighted by Crippen LogP contribution is -2.58. The van der Waals surface area contributed by atoms with Crippen LogP contribution in [0.4, 0.5) is 0 Å². The number of nitrogens with one attached hydrogen (secondary N) is 1. The fourth-order valence-corrected chi connectivity index (χ4v) is 5.17. The van der Waals surface area contributed by atoms with Gasteiger partial charge in [0.05, 0.1) is 18.4 Å². The Hall–Kier alpha value is -4.27. The van der Waals surface area contributed by atoms with Gasteiger partial charge in [0.2, 0.25) is 11.8 Å². The lowest BCUT2D eigenvalue weighted by Gasteiger charge is -2.29. The van der Waals surface area contributed by atoms with E-state index in [1.54, 1.807) is 36.4 Å². The molecule has 4 atom stereocenters. The second-order valence-electron chi connectivity index (χ2n) is 9.14. The van der Waals surface area contributed by atoms with Gasteiger partial charge in [0.25, 0.3) is 0 Å². The number of hydrogen-bond acceptors (Lipinski definition) is 6. The number of carbonyl (C=O) groups excluding carboxylic acids is 2. The molecule has 0 radical (unpaired) electrons. The van der Waals surface area contributed by atoms with Crippen LogP contribution in [0.3, 0.4) is 0 Å². The number of nitrogens with zero attached hydrogens (tertiary/aromatic N) is 1. The summed E-state index contributed by atoms with van der Waals surface area (Å²) in [5.74, 6) is -3.43. The van der Waals surface area contributed by atoms with E-state index in [4.69, 9.17) is 4.74 Å². The van der Waals surface area contributed by atoms with Crippen LogP contribution in [0.2, 0.25) is 0 Å². The highest BCUT2D eigenvalue weighted by atomic mass is 16.5. The van der Waals surface area contributed by atoms with Crippen molar-refractivity contribution < 1.29 is 29.3 Å². The molecule has 3 aromatic rings. The van der Waals surface area contributed by atoms with Gasteiger partial charge in [-0.1, -0.05) is 72.8 Å². The molecule has 8 nitrogen and oxygen atoms in total. The second kappa shape index (κ2) is 10.0. The molecule has 2 amide bonds. The zero-order valence-electron chi connectivity index (χ0n) is 19.9. The zero-order chi connectivity index (χ0) is 26.0. The molecular weight excluding hydrogens is 472 g/mol. The molecule has 2 heterocycles. The van der Waals surface area contributed by atoms with Gasteiger partial charge in [0.1, 0.15) is 11.5 Å². The number of fused-ring (bicyclic) bond motifs is 1. The maximum absolute atomic E-state index is 13.5. The smallest absolute Gasteiger partial charge is 0.327 e. The zero-order valence-corrected chi connectivity index (χ0v) is 19.9. The van der Waals surface area contributed by atoms with E-state index in [1.165, 1.54) is 0 Å². The van der Waals surface area contributed by atoms with Crippen LogP contribution < -0.4 is 10.1 Å². The first-order valence-electron chi connectivity index (χ1n) is 12.0. The van der Waals surface area contributed by atoms with Crippen molar-refractivity contribution in [2.45, 2.75) is 11.6 Å². The molecule has 2 aliphatic heterocycles. The minimum Gasteiger partial charge on any atom is -0.480 e. The molecule has 5 rings (SSSR count). The van der Waals surface area contributed by atoms with Gasteiger partial charge < -0.3 is 14.9 Å². The number of imide groups is 1. The molecule has 0 spiro atoms. The van der Waals surface area contributed by atoms with Crippen molar-refractivity contribution >= 4 is 23.9 Å². The van der Waals surface area contributed by atoms with Crippen LogP contribution in [0.1, 0.15) is 17.2 Å². The molecule has 2 saturated heterocycles. The highest BCUT2D eigenvalue weighted by Crippen LogP contribution is 2.49. The van der Waals surface area contributed by atoms with E-state index >= 15 is 0 Å². The summed E-state index contributed by atoms with van der Waals surface area (Å²) >= 11 is 0. The van der Waals surface area contributed by atoms with Gasteiger partial charge in [0.15, 0.2) is 5.54 Å². The first-order valence-corrected chi connectivity index (χ1v) is 12.0. The quantitative estimate of drug-likeness (QED) is 0.408. The number of aliphatic hydroxyl groups excluding tert-OH is 1. The van der Waals surface area contributed by atoms with Crippen LogP contribution in [0.15, 0.2) is 91.0 Å². The fourth-order valence-electron chi connectivity index (χ4n) is 5.17. The van der Waals surface area contributed by atoms with Gasteiger partial charge in [0, 0.05) is 12.6 Å². The van der Waals surface area contributed by atoms with Crippen LogP contribution in [-0.4, -0.2) is 51.6 Å². The van der Waals surface area contributed by atoms with Gasteiger partial charge in [-0.05, 0) is 35.4 Å². The van der Waals surface area contributed by atoms with Crippen LogP contribution in [-0.2, 0) is 14.4 Å². The largest absolute Gasteiger partial charge is 0.480 e. The van der Waals surface area contributed by atoms with E-state index < -0.39 is 47.8 Å². The summed E-state index contributed by atoms with van der Waals surface area (Å²) in [4.78, 5) is 40.3. The van der Waals surface area contributed by atoms with E-state index in [0.717, 1.165) is 10.5 Å². The van der Waals surface area contributed by atoms with Crippen molar-refractivity contribution in [1.29, 1.82) is 0 Å². The van der Waals surface area contributed by atoms with E-state index in [-0.39, 0.29) is 6.54 Å². The van der Waals surface area contributed by atoms with Crippen LogP contribution in [0.25, 0.3) is 6.08 Å². The average Bonchev–Trinajstić information content (AvgIpc) is 3.40. The Balaban J connectivity index is 1.42. The normalized spacial score (nSPS) is 25.0. The predicted octanol–water partition coefficient (Wildman–Crippen LogP) is 3.25. The predicted molar refractivity (Wildman–Crippen MR) is 135 cm³/mol. The van der Waals surface area contributed by atoms with Gasteiger partial charge in [-0.2, -0.15) is 0 Å². The maximum atomic E-state index is 13.5. The highest BCUT2D eigenvalue weighted by molar-refractivity contribution is 6.09. The summed E-state index contributed by atoms with van der Waals surface area (Å²) < 4.78 is 5.83. The van der Waals surface area contributed by atoms with Crippen molar-refractivity contribution in [3.05, 3.63) is 102 Å². The number of carboxylic acids is 1. The topological polar surface area (TPSA) is 116 Å². The standard InChI is InChI=1S/C29H26N2O6/c32-18-29(28(35)36)24-23(26(33)31(27(24)34)17-7-10-19-8-3-1-4-9-19)25(30-29)20-13-15-22(16-14-20)37-21-11-5-2-6-12-21/h1-16,23-25,30,32H,17-18H2,(H,35,36). The highest BCUT2D eigenvalue weighted by Gasteiger charge is 2.68. The molecule has 0 saturated carbocycles. The molecule has 3 N–H and O–H groups in total. The Kier molecular flexibility index (Phi) is 6.60. The number of aliphatic hydroxyl groups is 1. The van der Waals surface area contributed by atoms with Crippen molar-refractivity contribution in [3.8, 4) is 11.5 Å². The summed E-state index contributed by atoms with van der Waals surface area (Å²) in [5.41, 5.74) is -0.441. The first-order chi connectivity index (χ1) is 17.9. The molecule has 0 aliphatic carbocycles. The molecule has 4 unspecified atom stereocenters. The number of carbonyl (C=O) groups is 3. The van der Waals surface area contributed by atoms with Crippen molar-refractivity contribution in [2.24, 2.45) is 11.8 Å². The molecule has 3 aromatic carbocycles. The molecule has 2 fully saturated rings. The number of carboxylic acid groups (broad SMARTS) is 1. The summed E-state index contributed by atoms with van der Waals surface area (Å²) in [6, 6.07) is 24.8. The average molecular weight is 499 g/mol. The Morgan fingerprint density at radius 3 is 2.16 bits per heavy atom. The van der Waals surface area contributed by atoms with E-state index in [2.05, 4.69) is 5.32 Å². The van der Waals surface area contributed by atoms with E-state index in [0.29, 0.717) is 17.1 Å². The number of aliphatic carboxylic acids is 1. The molecule has 8 heteroatoms. The molecule has 0 aromatic heterocycles. The van der Waals surface area contributed by atoms with Crippen LogP contribution in [0, 0.1) is 11.8 Å². The fraction of sp³-hybridized carbons (Fsp3) is 0.207. The number of hydrogen-bond donors (Lipinski definition) is 3. The number of benzene rings is 3. The summed E-state index contributed by atoms with van der Waals surface area (Å²) in [6.07, 6.45) is 3.50. The number of ether oxygens (including phenoxy) is 1. The van der Waals surface area contributed by atoms with Gasteiger partial charge in [-0.15, -0.1) is 0 Å². The van der Waals surface area contributed by atoms with E-state index in [1.807, 2.05) is 60.7 Å².